The molecule has 84 valence electrons. The summed E-state index contributed by atoms with van der Waals surface area (Å²) < 4.78 is 13.2. The van der Waals surface area contributed by atoms with E-state index in [-0.39, 0.29) is 5.69 Å². The average molecular weight is 237 g/mol. The van der Waals surface area contributed by atoms with E-state index >= 15 is 0 Å². The van der Waals surface area contributed by atoms with Gasteiger partial charge >= 0.3 is 0 Å². The molecular weight excluding hydrogens is 225 g/mol. The van der Waals surface area contributed by atoms with Crippen LogP contribution >= 0.6 is 11.3 Å². The molecule has 3 N–H and O–H groups in total. The Morgan fingerprint density at radius 1 is 1.38 bits per heavy atom. The molecule has 3 nitrogen and oxygen atoms in total. The Kier molecular flexibility index (Phi) is 2.78. The van der Waals surface area contributed by atoms with Crippen molar-refractivity contribution in [2.75, 3.05) is 11.1 Å². The molecule has 0 bridgehead atoms. The lowest BCUT2D eigenvalue weighted by molar-refractivity contribution is 0.633. The topological polar surface area (TPSA) is 50.9 Å². The summed E-state index contributed by atoms with van der Waals surface area (Å²) in [5, 5.41) is 3.81. The highest BCUT2D eigenvalue weighted by Crippen LogP contribution is 2.26. The maximum absolute atomic E-state index is 13.2. The Labute approximate surface area is 97.1 Å². The number of anilines is 3. The van der Waals surface area contributed by atoms with Gasteiger partial charge in [-0.1, -0.05) is 0 Å². The zero-order valence-corrected chi connectivity index (χ0v) is 9.86. The number of thiazole rings is 1. The van der Waals surface area contributed by atoms with Gasteiger partial charge in [0.25, 0.3) is 0 Å². The molecule has 5 heteroatoms. The van der Waals surface area contributed by atoms with E-state index in [2.05, 4.69) is 10.3 Å². The first kappa shape index (κ1) is 10.9. The van der Waals surface area contributed by atoms with Gasteiger partial charge in [-0.15, -0.1) is 11.3 Å². The summed E-state index contributed by atoms with van der Waals surface area (Å²) in [5.41, 5.74) is 7.19. The maximum atomic E-state index is 13.2. The zero-order chi connectivity index (χ0) is 11.7. The van der Waals surface area contributed by atoms with Gasteiger partial charge in [-0.2, -0.15) is 0 Å². The predicted octanol–water partition coefficient (Wildman–Crippen LogP) is 3.22. The van der Waals surface area contributed by atoms with Crippen LogP contribution in [0.15, 0.2) is 18.2 Å². The van der Waals surface area contributed by atoms with E-state index in [4.69, 9.17) is 5.73 Å². The number of nitrogen functional groups attached to an aromatic ring is 1. The van der Waals surface area contributed by atoms with Gasteiger partial charge in [-0.25, -0.2) is 9.37 Å². The molecule has 0 radical (unpaired) electrons. The summed E-state index contributed by atoms with van der Waals surface area (Å²) in [7, 11) is 0. The molecule has 0 aliphatic heterocycles. The number of nitrogens with one attached hydrogen (secondary N) is 1. The van der Waals surface area contributed by atoms with Crippen LogP contribution in [0.5, 0.6) is 0 Å². The van der Waals surface area contributed by atoms with Crippen LogP contribution in [0.25, 0.3) is 0 Å². The molecule has 0 unspecified atom stereocenters. The van der Waals surface area contributed by atoms with Crippen LogP contribution in [0, 0.1) is 19.7 Å². The van der Waals surface area contributed by atoms with Crippen LogP contribution in [0.3, 0.4) is 0 Å². The van der Waals surface area contributed by atoms with Gasteiger partial charge < -0.3 is 11.1 Å². The fraction of sp³-hybridized carbons (Fsp3) is 0.182. The van der Waals surface area contributed by atoms with Gasteiger partial charge in [-0.3, -0.25) is 0 Å². The van der Waals surface area contributed by atoms with Crippen molar-refractivity contribution in [1.82, 2.24) is 4.98 Å². The quantitative estimate of drug-likeness (QED) is 0.788. The van der Waals surface area contributed by atoms with Crippen LogP contribution in [0.4, 0.5) is 20.9 Å². The highest BCUT2D eigenvalue weighted by molar-refractivity contribution is 7.15. The molecule has 2 rings (SSSR count). The highest BCUT2D eigenvalue weighted by Gasteiger charge is 2.05. The fourth-order valence-corrected chi connectivity index (χ4v) is 2.09. The molecule has 0 aliphatic rings. The lowest BCUT2D eigenvalue weighted by atomic mass is 10.3. The largest absolute Gasteiger partial charge is 0.396 e. The fourth-order valence-electron chi connectivity index (χ4n) is 1.25. The van der Waals surface area contributed by atoms with Gasteiger partial charge in [0.2, 0.25) is 0 Å². The molecule has 0 fully saturated rings. The van der Waals surface area contributed by atoms with Gasteiger partial charge in [0.15, 0.2) is 5.13 Å². The zero-order valence-electron chi connectivity index (χ0n) is 9.04. The third kappa shape index (κ3) is 2.14. The minimum Gasteiger partial charge on any atom is -0.396 e. The van der Waals surface area contributed by atoms with Crippen LogP contribution in [-0.2, 0) is 0 Å². The van der Waals surface area contributed by atoms with Gasteiger partial charge in [0.05, 0.1) is 11.4 Å². The Morgan fingerprint density at radius 2 is 2.12 bits per heavy atom. The Balaban J connectivity index is 2.23. The summed E-state index contributed by atoms with van der Waals surface area (Å²) in [6, 6.07) is 4.62. The number of aromatic nitrogens is 1. The van der Waals surface area contributed by atoms with Crippen molar-refractivity contribution in [2.45, 2.75) is 13.8 Å². The summed E-state index contributed by atoms with van der Waals surface area (Å²) in [5.74, 6) is -0.421. The SMILES string of the molecule is Cc1nc(Nc2ccc(N)c(F)c2)sc1C. The Bertz CT molecular complexity index is 502. The van der Waals surface area contributed by atoms with E-state index in [9.17, 15) is 4.39 Å². The highest BCUT2D eigenvalue weighted by atomic mass is 32.1. The number of rotatable bonds is 2. The van der Waals surface area contributed by atoms with E-state index < -0.39 is 5.82 Å². The third-order valence-corrected chi connectivity index (χ3v) is 3.27. The second-order valence-corrected chi connectivity index (χ2v) is 4.73. The first-order chi connectivity index (χ1) is 7.56. The molecule has 1 heterocycles. The molecule has 1 aromatic carbocycles. The van der Waals surface area contributed by atoms with Gasteiger partial charge in [0.1, 0.15) is 5.82 Å². The smallest absolute Gasteiger partial charge is 0.187 e. The monoisotopic (exact) mass is 237 g/mol. The molecule has 0 atom stereocenters. The maximum Gasteiger partial charge on any atom is 0.187 e. The predicted molar refractivity (Wildman–Crippen MR) is 65.7 cm³/mol. The summed E-state index contributed by atoms with van der Waals surface area (Å²) in [6.07, 6.45) is 0. The number of nitrogens with zero attached hydrogens (tertiary/aromatic N) is 1. The first-order valence-electron chi connectivity index (χ1n) is 4.82. The number of halogens is 1. The van der Waals surface area contributed by atoms with Crippen molar-refractivity contribution in [3.8, 4) is 0 Å². The van der Waals surface area contributed by atoms with E-state index in [0.29, 0.717) is 5.69 Å². The molecule has 0 saturated heterocycles. The summed E-state index contributed by atoms with van der Waals surface area (Å²) in [4.78, 5) is 5.46. The molecule has 0 spiro atoms. The second kappa shape index (κ2) is 4.09. The number of hydrogen-bond acceptors (Lipinski definition) is 4. The molecule has 0 saturated carbocycles. The van der Waals surface area contributed by atoms with Gasteiger partial charge in [-0.05, 0) is 32.0 Å². The standard InChI is InChI=1S/C11H12FN3S/c1-6-7(2)16-11(14-6)15-8-3-4-10(13)9(12)5-8/h3-5H,13H2,1-2H3,(H,14,15). The first-order valence-corrected chi connectivity index (χ1v) is 5.64. The molecule has 1 aromatic heterocycles. The van der Waals surface area contributed by atoms with Gasteiger partial charge in [0, 0.05) is 10.6 Å². The van der Waals surface area contributed by atoms with Crippen molar-refractivity contribution in [3.63, 3.8) is 0 Å². The summed E-state index contributed by atoms with van der Waals surface area (Å²) in [6.45, 7) is 3.95. The molecule has 16 heavy (non-hydrogen) atoms. The number of aryl methyl sites for hydroxylation is 2. The molecule has 0 aliphatic carbocycles. The van der Waals surface area contributed by atoms with Crippen molar-refractivity contribution in [3.05, 3.63) is 34.6 Å². The summed E-state index contributed by atoms with van der Waals surface area (Å²) >= 11 is 1.54. The van der Waals surface area contributed by atoms with E-state index in [0.717, 1.165) is 15.7 Å². The number of nitrogens with two attached hydrogens (primary N) is 1. The van der Waals surface area contributed by atoms with Crippen LogP contribution in [0.1, 0.15) is 10.6 Å². The minimum absolute atomic E-state index is 0.150. The van der Waals surface area contributed by atoms with Crippen LogP contribution in [0.2, 0.25) is 0 Å². The minimum atomic E-state index is -0.421. The molecular formula is C11H12FN3S. The normalized spacial score (nSPS) is 10.4. The Morgan fingerprint density at radius 3 is 2.69 bits per heavy atom. The van der Waals surface area contributed by atoms with E-state index in [1.54, 1.807) is 17.4 Å². The second-order valence-electron chi connectivity index (χ2n) is 3.52. The van der Waals surface area contributed by atoms with E-state index in [1.165, 1.54) is 12.1 Å². The van der Waals surface area contributed by atoms with Crippen molar-refractivity contribution in [2.24, 2.45) is 0 Å². The van der Waals surface area contributed by atoms with Crippen molar-refractivity contribution >= 4 is 27.8 Å². The molecule has 2 aromatic rings. The van der Waals surface area contributed by atoms with Crippen LogP contribution in [-0.4, -0.2) is 4.98 Å². The lowest BCUT2D eigenvalue weighted by Crippen LogP contribution is -1.94. The van der Waals surface area contributed by atoms with Crippen LogP contribution < -0.4 is 11.1 Å². The Hall–Kier alpha value is -1.62. The van der Waals surface area contributed by atoms with E-state index in [1.807, 2.05) is 13.8 Å². The lowest BCUT2D eigenvalue weighted by Gasteiger charge is -2.03. The number of benzene rings is 1. The van der Waals surface area contributed by atoms with Crippen molar-refractivity contribution in [1.29, 1.82) is 0 Å². The number of hydrogen-bond donors (Lipinski definition) is 2. The van der Waals surface area contributed by atoms with Crippen molar-refractivity contribution < 1.29 is 4.39 Å². The third-order valence-electron chi connectivity index (χ3n) is 2.28. The average Bonchev–Trinajstić information content (AvgIpc) is 2.52. The molecule has 0 amide bonds.